The first kappa shape index (κ1) is 28.9. The number of hydrogen-bond donors (Lipinski definition) is 2. The summed E-state index contributed by atoms with van der Waals surface area (Å²) in [6.45, 7) is 4.44. The Morgan fingerprint density at radius 3 is 1.34 bits per heavy atom. The van der Waals surface area contributed by atoms with Gasteiger partial charge in [0.2, 0.25) is 0 Å². The highest BCUT2D eigenvalue weighted by molar-refractivity contribution is 7.86. The minimum Gasteiger partial charge on any atom is -0.393 e. The SMILES string of the molecule is CCCCCCCCCCCC(CCC(O)CCCCCCCCC)S(=O)(=O)O. The number of rotatable bonds is 22. The summed E-state index contributed by atoms with van der Waals surface area (Å²) >= 11 is 0. The van der Waals surface area contributed by atoms with E-state index in [0.29, 0.717) is 19.3 Å². The second-order valence-electron chi connectivity index (χ2n) is 8.90. The first-order chi connectivity index (χ1) is 13.9. The van der Waals surface area contributed by atoms with Crippen molar-refractivity contribution >= 4 is 10.1 Å². The van der Waals surface area contributed by atoms with E-state index in [2.05, 4.69) is 13.8 Å². The highest BCUT2D eigenvalue weighted by atomic mass is 32.2. The molecule has 0 aromatic carbocycles. The molecular weight excluding hydrogens is 384 g/mol. The van der Waals surface area contributed by atoms with Gasteiger partial charge in [-0.1, -0.05) is 117 Å². The maximum absolute atomic E-state index is 11.7. The monoisotopic (exact) mass is 434 g/mol. The topological polar surface area (TPSA) is 74.6 Å². The van der Waals surface area contributed by atoms with Crippen LogP contribution >= 0.6 is 0 Å². The summed E-state index contributed by atoms with van der Waals surface area (Å²) in [5.74, 6) is 0. The average Bonchev–Trinajstić information content (AvgIpc) is 2.67. The largest absolute Gasteiger partial charge is 0.393 e. The van der Waals surface area contributed by atoms with Crippen LogP contribution in [0.1, 0.15) is 142 Å². The fourth-order valence-electron chi connectivity index (χ4n) is 3.98. The number of aliphatic hydroxyl groups excluding tert-OH is 1. The average molecular weight is 435 g/mol. The van der Waals surface area contributed by atoms with Gasteiger partial charge >= 0.3 is 0 Å². The Balaban J connectivity index is 3.83. The third-order valence-corrected chi connectivity index (χ3v) is 7.33. The highest BCUT2D eigenvalue weighted by Gasteiger charge is 2.23. The van der Waals surface area contributed by atoms with Gasteiger partial charge in [-0.25, -0.2) is 0 Å². The molecule has 0 aliphatic rings. The van der Waals surface area contributed by atoms with Gasteiger partial charge in [0.05, 0.1) is 11.4 Å². The summed E-state index contributed by atoms with van der Waals surface area (Å²) in [5.41, 5.74) is 0. The summed E-state index contributed by atoms with van der Waals surface area (Å²) in [6.07, 6.45) is 20.9. The molecule has 0 fully saturated rings. The minimum absolute atomic E-state index is 0.369. The lowest BCUT2D eigenvalue weighted by Gasteiger charge is -2.16. The van der Waals surface area contributed by atoms with Gasteiger partial charge in [-0.3, -0.25) is 4.55 Å². The molecule has 5 heteroatoms. The molecule has 0 aliphatic heterocycles. The lowest BCUT2D eigenvalue weighted by atomic mass is 10.0. The first-order valence-corrected chi connectivity index (χ1v) is 14.1. The van der Waals surface area contributed by atoms with E-state index in [0.717, 1.165) is 38.5 Å². The summed E-state index contributed by atoms with van der Waals surface area (Å²) < 4.78 is 32.9. The minimum atomic E-state index is -4.02. The van der Waals surface area contributed by atoms with Crippen molar-refractivity contribution in [2.75, 3.05) is 0 Å². The van der Waals surface area contributed by atoms with Crippen LogP contribution in [0.5, 0.6) is 0 Å². The number of unbranched alkanes of at least 4 members (excludes halogenated alkanes) is 14. The Bertz CT molecular complexity index is 436. The Hall–Kier alpha value is -0.130. The third-order valence-electron chi connectivity index (χ3n) is 6.01. The lowest BCUT2D eigenvalue weighted by molar-refractivity contribution is 0.147. The molecule has 4 nitrogen and oxygen atoms in total. The molecule has 2 N–H and O–H groups in total. The van der Waals surface area contributed by atoms with Crippen LogP contribution in [0.2, 0.25) is 0 Å². The Kier molecular flexibility index (Phi) is 19.7. The fraction of sp³-hybridized carbons (Fsp3) is 1.00. The second kappa shape index (κ2) is 19.8. The fourth-order valence-corrected chi connectivity index (χ4v) is 4.88. The summed E-state index contributed by atoms with van der Waals surface area (Å²) in [7, 11) is -4.02. The van der Waals surface area contributed by atoms with Crippen LogP contribution in [0.25, 0.3) is 0 Å². The molecular formula is C24H50O4S. The molecule has 0 amide bonds. The van der Waals surface area contributed by atoms with Crippen LogP contribution in [0.15, 0.2) is 0 Å². The quantitative estimate of drug-likeness (QED) is 0.137. The summed E-state index contributed by atoms with van der Waals surface area (Å²) in [5, 5.41) is 9.45. The second-order valence-corrected chi connectivity index (χ2v) is 10.6. The molecule has 0 heterocycles. The van der Waals surface area contributed by atoms with Crippen LogP contribution in [0.4, 0.5) is 0 Å². The predicted octanol–water partition coefficient (Wildman–Crippen LogP) is 7.45. The summed E-state index contributed by atoms with van der Waals surface area (Å²) in [6, 6.07) is 0. The van der Waals surface area contributed by atoms with Crippen LogP contribution < -0.4 is 0 Å². The van der Waals surface area contributed by atoms with E-state index in [9.17, 15) is 18.1 Å². The molecule has 176 valence electrons. The van der Waals surface area contributed by atoms with E-state index in [1.165, 1.54) is 70.6 Å². The highest BCUT2D eigenvalue weighted by Crippen LogP contribution is 2.20. The van der Waals surface area contributed by atoms with E-state index < -0.39 is 21.5 Å². The Morgan fingerprint density at radius 2 is 0.931 bits per heavy atom. The van der Waals surface area contributed by atoms with E-state index in [1.807, 2.05) is 0 Å². The maximum atomic E-state index is 11.7. The predicted molar refractivity (Wildman–Crippen MR) is 125 cm³/mol. The van der Waals surface area contributed by atoms with E-state index in [-0.39, 0.29) is 0 Å². The van der Waals surface area contributed by atoms with Gasteiger partial charge in [0.25, 0.3) is 10.1 Å². The zero-order valence-electron chi connectivity index (χ0n) is 19.4. The van der Waals surface area contributed by atoms with Crippen molar-refractivity contribution in [2.24, 2.45) is 0 Å². The van der Waals surface area contributed by atoms with Gasteiger partial charge < -0.3 is 5.11 Å². The van der Waals surface area contributed by atoms with Gasteiger partial charge in [-0.15, -0.1) is 0 Å². The van der Waals surface area contributed by atoms with Crippen molar-refractivity contribution in [3.63, 3.8) is 0 Å². The number of aliphatic hydroxyl groups is 1. The molecule has 0 spiro atoms. The summed E-state index contributed by atoms with van der Waals surface area (Å²) in [4.78, 5) is 0. The van der Waals surface area contributed by atoms with Gasteiger partial charge in [-0.2, -0.15) is 8.42 Å². The molecule has 0 aromatic rings. The molecule has 0 saturated carbocycles. The van der Waals surface area contributed by atoms with Crippen LogP contribution in [-0.4, -0.2) is 29.4 Å². The normalized spacial score (nSPS) is 14.2. The van der Waals surface area contributed by atoms with Gasteiger partial charge in [0, 0.05) is 0 Å². The molecule has 2 atom stereocenters. The maximum Gasteiger partial charge on any atom is 0.267 e. The van der Waals surface area contributed by atoms with Crippen LogP contribution in [0, 0.1) is 0 Å². The molecule has 0 radical (unpaired) electrons. The first-order valence-electron chi connectivity index (χ1n) is 12.6. The van der Waals surface area contributed by atoms with Crippen LogP contribution in [-0.2, 0) is 10.1 Å². The smallest absolute Gasteiger partial charge is 0.267 e. The zero-order valence-corrected chi connectivity index (χ0v) is 20.2. The van der Waals surface area contributed by atoms with E-state index >= 15 is 0 Å². The lowest BCUT2D eigenvalue weighted by Crippen LogP contribution is -2.22. The molecule has 0 saturated heterocycles. The number of hydrogen-bond acceptors (Lipinski definition) is 3. The molecule has 0 bridgehead atoms. The third kappa shape index (κ3) is 19.6. The van der Waals surface area contributed by atoms with Gasteiger partial charge in [0.15, 0.2) is 0 Å². The van der Waals surface area contributed by atoms with Crippen molar-refractivity contribution in [3.8, 4) is 0 Å². The van der Waals surface area contributed by atoms with Crippen molar-refractivity contribution in [1.82, 2.24) is 0 Å². The van der Waals surface area contributed by atoms with Gasteiger partial charge in [0.1, 0.15) is 0 Å². The molecule has 0 aliphatic carbocycles. The van der Waals surface area contributed by atoms with E-state index in [4.69, 9.17) is 0 Å². The molecule has 0 rings (SSSR count). The van der Waals surface area contributed by atoms with E-state index in [1.54, 1.807) is 0 Å². The molecule has 29 heavy (non-hydrogen) atoms. The zero-order chi connectivity index (χ0) is 21.8. The standard InChI is InChI=1S/C24H50O4S/c1-3-5-7-9-11-12-14-16-18-20-24(29(26,27)28)22-21-23(25)19-17-15-13-10-8-6-4-2/h23-25H,3-22H2,1-2H3,(H,26,27,28). The van der Waals surface area contributed by atoms with Crippen molar-refractivity contribution in [3.05, 3.63) is 0 Å². The Labute approximate surface area is 182 Å². The van der Waals surface area contributed by atoms with Crippen molar-refractivity contribution in [2.45, 2.75) is 154 Å². The van der Waals surface area contributed by atoms with Crippen LogP contribution in [0.3, 0.4) is 0 Å². The molecule has 2 unspecified atom stereocenters. The molecule has 0 aromatic heterocycles. The van der Waals surface area contributed by atoms with Gasteiger partial charge in [-0.05, 0) is 25.7 Å². The van der Waals surface area contributed by atoms with Crippen molar-refractivity contribution < 1.29 is 18.1 Å². The Morgan fingerprint density at radius 1 is 0.552 bits per heavy atom. The van der Waals surface area contributed by atoms with Crippen molar-refractivity contribution in [1.29, 1.82) is 0 Å².